The zero-order valence-corrected chi connectivity index (χ0v) is 13.1. The van der Waals surface area contributed by atoms with E-state index in [9.17, 15) is 4.79 Å². The number of fused-ring (bicyclic) bond motifs is 1. The zero-order valence-electron chi connectivity index (χ0n) is 12.3. The fourth-order valence-corrected chi connectivity index (χ4v) is 2.89. The Kier molecular flexibility index (Phi) is 4.26. The zero-order chi connectivity index (χ0) is 16.2. The number of esters is 1. The van der Waals surface area contributed by atoms with Gasteiger partial charge in [-0.3, -0.25) is 0 Å². The first kappa shape index (κ1) is 15.1. The van der Waals surface area contributed by atoms with Crippen LogP contribution in [0, 0.1) is 11.3 Å². The molecule has 3 rings (SSSR count). The molecule has 0 atom stereocenters. The summed E-state index contributed by atoms with van der Waals surface area (Å²) in [5.74, 6) is 0.174. The molecule has 7 heteroatoms. The summed E-state index contributed by atoms with van der Waals surface area (Å²) >= 11 is 1.48. The summed E-state index contributed by atoms with van der Waals surface area (Å²) in [4.78, 5) is 20.5. The maximum atomic E-state index is 11.8. The van der Waals surface area contributed by atoms with Crippen molar-refractivity contribution in [2.45, 2.75) is 10.8 Å². The number of hydrogen-bond acceptors (Lipinski definition) is 6. The molecule has 0 saturated heterocycles. The average molecular weight is 324 g/mol. The third-order valence-electron chi connectivity index (χ3n) is 3.17. The number of thioether (sulfide) groups is 1. The highest BCUT2D eigenvalue weighted by Gasteiger charge is 2.13. The molecule has 23 heavy (non-hydrogen) atoms. The van der Waals surface area contributed by atoms with Gasteiger partial charge in [-0.25, -0.2) is 14.8 Å². The normalized spacial score (nSPS) is 10.4. The van der Waals surface area contributed by atoms with Crippen LogP contribution >= 0.6 is 11.8 Å². The second kappa shape index (κ2) is 6.50. The molecule has 0 aliphatic carbocycles. The molecule has 6 nitrogen and oxygen atoms in total. The number of ether oxygens (including phenoxy) is 1. The maximum absolute atomic E-state index is 11.8. The van der Waals surface area contributed by atoms with Crippen molar-refractivity contribution in [2.75, 3.05) is 7.11 Å². The van der Waals surface area contributed by atoms with Crippen LogP contribution < -0.4 is 0 Å². The summed E-state index contributed by atoms with van der Waals surface area (Å²) in [6.07, 6.45) is 5.31. The molecule has 0 fully saturated rings. The number of hydrogen-bond donors (Lipinski definition) is 0. The third-order valence-corrected chi connectivity index (χ3v) is 4.13. The van der Waals surface area contributed by atoms with Crippen LogP contribution in [-0.4, -0.2) is 27.4 Å². The van der Waals surface area contributed by atoms with Gasteiger partial charge in [0.05, 0.1) is 29.5 Å². The molecule has 114 valence electrons. The van der Waals surface area contributed by atoms with Crippen LogP contribution in [0.1, 0.15) is 21.6 Å². The second-order valence-corrected chi connectivity index (χ2v) is 5.66. The third kappa shape index (κ3) is 3.17. The van der Waals surface area contributed by atoms with Crippen molar-refractivity contribution < 1.29 is 9.53 Å². The van der Waals surface area contributed by atoms with E-state index in [2.05, 4.69) is 16.0 Å². The number of nitriles is 1. The molecule has 3 aromatic rings. The van der Waals surface area contributed by atoms with Gasteiger partial charge in [-0.05, 0) is 24.3 Å². The van der Waals surface area contributed by atoms with Crippen molar-refractivity contribution >= 4 is 23.4 Å². The van der Waals surface area contributed by atoms with Crippen LogP contribution in [-0.2, 0) is 10.5 Å². The van der Waals surface area contributed by atoms with Crippen LogP contribution in [0.15, 0.2) is 47.9 Å². The molecule has 0 aliphatic heterocycles. The Morgan fingerprint density at radius 1 is 1.48 bits per heavy atom. The molecule has 3 heterocycles. The number of methoxy groups -OCH3 is 1. The maximum Gasteiger partial charge on any atom is 0.341 e. The van der Waals surface area contributed by atoms with Gasteiger partial charge in [-0.2, -0.15) is 5.26 Å². The number of aromatic nitrogens is 3. The van der Waals surface area contributed by atoms with Crippen molar-refractivity contribution in [3.63, 3.8) is 0 Å². The minimum absolute atomic E-state index is 0.413. The lowest BCUT2D eigenvalue weighted by Crippen LogP contribution is -2.03. The standard InChI is InChI=1S/C16H12N4O2S/c1-22-16(21)13-3-2-6-20-9-12(19-15(13)20)10-23-14-7-11(8-17)4-5-18-14/h2-7,9H,10H2,1H3. The SMILES string of the molecule is COC(=O)c1cccn2cc(CSc3cc(C#N)ccn3)nc12. The Labute approximate surface area is 136 Å². The van der Waals surface area contributed by atoms with Crippen molar-refractivity contribution in [1.29, 1.82) is 5.26 Å². The molecule has 0 radical (unpaired) electrons. The van der Waals surface area contributed by atoms with Gasteiger partial charge in [0.15, 0.2) is 5.65 Å². The second-order valence-electron chi connectivity index (χ2n) is 4.66. The van der Waals surface area contributed by atoms with Crippen molar-refractivity contribution in [1.82, 2.24) is 14.4 Å². The van der Waals surface area contributed by atoms with E-state index in [1.807, 2.05) is 12.4 Å². The predicted octanol–water partition coefficient (Wildman–Crippen LogP) is 2.68. The Balaban J connectivity index is 1.84. The average Bonchev–Trinajstić information content (AvgIpc) is 3.02. The van der Waals surface area contributed by atoms with E-state index >= 15 is 0 Å². The lowest BCUT2D eigenvalue weighted by molar-refractivity contribution is 0.0602. The summed E-state index contributed by atoms with van der Waals surface area (Å²) in [6, 6.07) is 8.95. The van der Waals surface area contributed by atoms with E-state index in [0.717, 1.165) is 10.7 Å². The fourth-order valence-electron chi connectivity index (χ4n) is 2.11. The minimum Gasteiger partial charge on any atom is -0.465 e. The molecular formula is C16H12N4O2S. The quantitative estimate of drug-likeness (QED) is 0.542. The van der Waals surface area contributed by atoms with Crippen molar-refractivity contribution in [3.05, 3.63) is 59.7 Å². The van der Waals surface area contributed by atoms with Gasteiger partial charge in [0.1, 0.15) is 5.56 Å². The Morgan fingerprint density at radius 2 is 2.35 bits per heavy atom. The number of pyridine rings is 2. The highest BCUT2D eigenvalue weighted by molar-refractivity contribution is 7.98. The lowest BCUT2D eigenvalue weighted by atomic mass is 10.3. The van der Waals surface area contributed by atoms with Crippen LogP contribution in [0.4, 0.5) is 0 Å². The lowest BCUT2D eigenvalue weighted by Gasteiger charge is -2.00. The first-order valence-corrected chi connectivity index (χ1v) is 7.73. The molecule has 0 aliphatic rings. The van der Waals surface area contributed by atoms with Crippen LogP contribution in [0.5, 0.6) is 0 Å². The van der Waals surface area contributed by atoms with Gasteiger partial charge in [-0.1, -0.05) is 11.8 Å². The molecule has 0 spiro atoms. The van der Waals surface area contributed by atoms with E-state index in [1.165, 1.54) is 18.9 Å². The summed E-state index contributed by atoms with van der Waals surface area (Å²) in [7, 11) is 1.35. The fraction of sp³-hybridized carbons (Fsp3) is 0.125. The van der Waals surface area contributed by atoms with Crippen LogP contribution in [0.3, 0.4) is 0 Å². The summed E-state index contributed by atoms with van der Waals surface area (Å²) in [5, 5.41) is 9.66. The molecule has 0 aromatic carbocycles. The van der Waals surface area contributed by atoms with E-state index in [4.69, 9.17) is 10.00 Å². The van der Waals surface area contributed by atoms with E-state index in [1.54, 1.807) is 34.9 Å². The minimum atomic E-state index is -0.413. The van der Waals surface area contributed by atoms with Gasteiger partial charge in [0.2, 0.25) is 0 Å². The van der Waals surface area contributed by atoms with Gasteiger partial charge >= 0.3 is 5.97 Å². The smallest absolute Gasteiger partial charge is 0.341 e. The van der Waals surface area contributed by atoms with Crippen LogP contribution in [0.2, 0.25) is 0 Å². The number of carbonyl (C=O) groups excluding carboxylic acids is 1. The molecule has 0 N–H and O–H groups in total. The topological polar surface area (TPSA) is 80.3 Å². The predicted molar refractivity (Wildman–Crippen MR) is 85.0 cm³/mol. The Morgan fingerprint density at radius 3 is 3.13 bits per heavy atom. The highest BCUT2D eigenvalue weighted by Crippen LogP contribution is 2.22. The molecule has 0 amide bonds. The summed E-state index contributed by atoms with van der Waals surface area (Å²) < 4.78 is 6.56. The van der Waals surface area contributed by atoms with Gasteiger partial charge in [-0.15, -0.1) is 0 Å². The number of carbonyl (C=O) groups is 1. The van der Waals surface area contributed by atoms with E-state index < -0.39 is 5.97 Å². The van der Waals surface area contributed by atoms with Crippen LogP contribution in [0.25, 0.3) is 5.65 Å². The highest BCUT2D eigenvalue weighted by atomic mass is 32.2. The molecule has 0 bridgehead atoms. The van der Waals surface area contributed by atoms with E-state index in [-0.39, 0.29) is 0 Å². The van der Waals surface area contributed by atoms with Crippen molar-refractivity contribution in [3.8, 4) is 6.07 Å². The largest absolute Gasteiger partial charge is 0.465 e. The molecule has 3 aromatic heterocycles. The van der Waals surface area contributed by atoms with Gasteiger partial charge in [0, 0.05) is 24.3 Å². The summed E-state index contributed by atoms with van der Waals surface area (Å²) in [5.41, 5.74) is 2.38. The van der Waals surface area contributed by atoms with Gasteiger partial charge in [0.25, 0.3) is 0 Å². The first-order valence-electron chi connectivity index (χ1n) is 6.75. The molecule has 0 unspecified atom stereocenters. The first-order chi connectivity index (χ1) is 11.2. The molecule has 0 saturated carbocycles. The number of nitrogens with zero attached hydrogens (tertiary/aromatic N) is 4. The number of rotatable bonds is 4. The van der Waals surface area contributed by atoms with Gasteiger partial charge < -0.3 is 9.14 Å². The molecular weight excluding hydrogens is 312 g/mol. The van der Waals surface area contributed by atoms with Crippen molar-refractivity contribution in [2.24, 2.45) is 0 Å². The number of imidazole rings is 1. The Bertz CT molecular complexity index is 914. The summed E-state index contributed by atoms with van der Waals surface area (Å²) in [6.45, 7) is 0. The Hall–Kier alpha value is -2.85. The van der Waals surface area contributed by atoms with E-state index in [0.29, 0.717) is 22.5 Å². The monoisotopic (exact) mass is 324 g/mol.